The lowest BCUT2D eigenvalue weighted by Gasteiger charge is -2.13. The summed E-state index contributed by atoms with van der Waals surface area (Å²) in [5, 5.41) is 0. The first-order chi connectivity index (χ1) is 9.69. The number of hydrogen-bond donors (Lipinski definition) is 0. The quantitative estimate of drug-likeness (QED) is 0.725. The summed E-state index contributed by atoms with van der Waals surface area (Å²) >= 11 is 5.68. The van der Waals surface area contributed by atoms with Crippen molar-refractivity contribution in [2.75, 3.05) is 0 Å². The smallest absolute Gasteiger partial charge is 0.387 e. The van der Waals surface area contributed by atoms with Crippen molar-refractivity contribution in [2.45, 2.75) is 19.1 Å². The van der Waals surface area contributed by atoms with E-state index < -0.39 is 6.61 Å². The van der Waals surface area contributed by atoms with E-state index in [1.165, 1.54) is 6.07 Å². The molecular formula is C15H13ClF2O2. The average Bonchev–Trinajstić information content (AvgIpc) is 2.46. The van der Waals surface area contributed by atoms with Crippen molar-refractivity contribution < 1.29 is 18.3 Å². The van der Waals surface area contributed by atoms with Gasteiger partial charge in [-0.2, -0.15) is 8.78 Å². The Kier molecular flexibility index (Phi) is 5.18. The van der Waals surface area contributed by atoms with Crippen LogP contribution in [0, 0.1) is 0 Å². The summed E-state index contributed by atoms with van der Waals surface area (Å²) in [6.45, 7) is -2.62. The second kappa shape index (κ2) is 7.10. The van der Waals surface area contributed by atoms with E-state index >= 15 is 0 Å². The van der Waals surface area contributed by atoms with Crippen LogP contribution in [0.1, 0.15) is 11.1 Å². The maximum atomic E-state index is 12.4. The van der Waals surface area contributed by atoms with Crippen LogP contribution in [-0.4, -0.2) is 6.61 Å². The number of halogens is 3. The predicted molar refractivity (Wildman–Crippen MR) is 73.4 cm³/mol. The summed E-state index contributed by atoms with van der Waals surface area (Å²) in [5.41, 5.74) is 1.63. The van der Waals surface area contributed by atoms with Crippen molar-refractivity contribution in [3.05, 3.63) is 59.7 Å². The fraction of sp³-hybridized carbons (Fsp3) is 0.200. The van der Waals surface area contributed by atoms with Gasteiger partial charge in [0.25, 0.3) is 0 Å². The summed E-state index contributed by atoms with van der Waals surface area (Å²) in [5.74, 6) is 0.482. The summed E-state index contributed by atoms with van der Waals surface area (Å²) in [6, 6.07) is 14.2. The molecule has 2 aromatic carbocycles. The minimum absolute atomic E-state index is 0.00548. The van der Waals surface area contributed by atoms with E-state index in [0.29, 0.717) is 5.56 Å². The predicted octanol–water partition coefficient (Wildman–Crippen LogP) is 4.61. The average molecular weight is 299 g/mol. The first kappa shape index (κ1) is 14.6. The van der Waals surface area contributed by atoms with Crippen LogP contribution in [0.3, 0.4) is 0 Å². The van der Waals surface area contributed by atoms with E-state index in [0.717, 1.165) is 5.56 Å². The molecule has 0 spiro atoms. The Hall–Kier alpha value is -1.81. The van der Waals surface area contributed by atoms with Crippen LogP contribution in [0.25, 0.3) is 0 Å². The van der Waals surface area contributed by atoms with Crippen molar-refractivity contribution in [1.82, 2.24) is 0 Å². The molecule has 0 fully saturated rings. The van der Waals surface area contributed by atoms with Gasteiger partial charge in [0.05, 0.1) is 0 Å². The van der Waals surface area contributed by atoms with Gasteiger partial charge in [-0.15, -0.1) is 11.6 Å². The van der Waals surface area contributed by atoms with Crippen molar-refractivity contribution in [2.24, 2.45) is 0 Å². The van der Waals surface area contributed by atoms with E-state index in [9.17, 15) is 8.78 Å². The van der Waals surface area contributed by atoms with Crippen LogP contribution in [-0.2, 0) is 12.5 Å². The van der Waals surface area contributed by atoms with Gasteiger partial charge < -0.3 is 9.47 Å². The number of ether oxygens (including phenoxy) is 2. The van der Waals surface area contributed by atoms with Crippen LogP contribution in [0.2, 0.25) is 0 Å². The summed E-state index contributed by atoms with van der Waals surface area (Å²) in [7, 11) is 0. The lowest BCUT2D eigenvalue weighted by atomic mass is 10.2. The van der Waals surface area contributed by atoms with Gasteiger partial charge in [0, 0.05) is 5.88 Å². The molecule has 0 radical (unpaired) electrons. The van der Waals surface area contributed by atoms with E-state index in [1.807, 2.05) is 30.3 Å². The Morgan fingerprint density at radius 1 is 0.950 bits per heavy atom. The van der Waals surface area contributed by atoms with Gasteiger partial charge in [-0.05, 0) is 23.3 Å². The van der Waals surface area contributed by atoms with Gasteiger partial charge in [0.15, 0.2) is 11.5 Å². The third-order valence-corrected chi connectivity index (χ3v) is 2.92. The highest BCUT2D eigenvalue weighted by Gasteiger charge is 2.12. The Bertz CT molecular complexity index is 547. The van der Waals surface area contributed by atoms with Crippen molar-refractivity contribution >= 4 is 11.6 Å². The molecule has 0 bridgehead atoms. The first-order valence-electron chi connectivity index (χ1n) is 5.99. The normalized spacial score (nSPS) is 10.6. The zero-order valence-corrected chi connectivity index (χ0v) is 11.3. The van der Waals surface area contributed by atoms with Crippen LogP contribution in [0.5, 0.6) is 11.5 Å². The maximum absolute atomic E-state index is 12.4. The molecule has 2 aromatic rings. The molecule has 0 saturated carbocycles. The lowest BCUT2D eigenvalue weighted by molar-refractivity contribution is -0.0516. The van der Waals surface area contributed by atoms with E-state index in [-0.39, 0.29) is 24.0 Å². The molecule has 0 aliphatic heterocycles. The van der Waals surface area contributed by atoms with Gasteiger partial charge >= 0.3 is 6.61 Å². The van der Waals surface area contributed by atoms with E-state index in [4.69, 9.17) is 16.3 Å². The second-order valence-electron chi connectivity index (χ2n) is 4.07. The molecular weight excluding hydrogens is 286 g/mol. The van der Waals surface area contributed by atoms with Crippen LogP contribution >= 0.6 is 11.6 Å². The SMILES string of the molecule is FC(F)Oc1cc(CCl)ccc1OCc1ccccc1. The number of hydrogen-bond acceptors (Lipinski definition) is 2. The van der Waals surface area contributed by atoms with Gasteiger partial charge in [-0.25, -0.2) is 0 Å². The minimum atomic E-state index is -2.90. The fourth-order valence-corrected chi connectivity index (χ4v) is 1.84. The Labute approximate surface area is 120 Å². The van der Waals surface area contributed by atoms with Crippen molar-refractivity contribution in [3.63, 3.8) is 0 Å². The minimum Gasteiger partial charge on any atom is -0.485 e. The molecule has 20 heavy (non-hydrogen) atoms. The highest BCUT2D eigenvalue weighted by atomic mass is 35.5. The number of alkyl halides is 3. The molecule has 0 amide bonds. The zero-order chi connectivity index (χ0) is 14.4. The van der Waals surface area contributed by atoms with Crippen molar-refractivity contribution in [3.8, 4) is 11.5 Å². The Morgan fingerprint density at radius 3 is 2.35 bits per heavy atom. The zero-order valence-electron chi connectivity index (χ0n) is 10.6. The highest BCUT2D eigenvalue weighted by molar-refractivity contribution is 6.17. The molecule has 0 atom stereocenters. The van der Waals surface area contributed by atoms with Crippen molar-refractivity contribution in [1.29, 1.82) is 0 Å². The Morgan fingerprint density at radius 2 is 1.70 bits per heavy atom. The van der Waals surface area contributed by atoms with Gasteiger partial charge in [0.1, 0.15) is 6.61 Å². The summed E-state index contributed by atoms with van der Waals surface area (Å²) in [6.07, 6.45) is 0. The molecule has 0 heterocycles. The summed E-state index contributed by atoms with van der Waals surface area (Å²) < 4.78 is 34.8. The topological polar surface area (TPSA) is 18.5 Å². The lowest BCUT2D eigenvalue weighted by Crippen LogP contribution is -2.05. The molecule has 2 rings (SSSR count). The van der Waals surface area contributed by atoms with Gasteiger partial charge in [-0.1, -0.05) is 36.4 Å². The first-order valence-corrected chi connectivity index (χ1v) is 6.53. The van der Waals surface area contributed by atoms with Gasteiger partial charge in [-0.3, -0.25) is 0 Å². The summed E-state index contributed by atoms with van der Waals surface area (Å²) in [4.78, 5) is 0. The molecule has 5 heteroatoms. The Balaban J connectivity index is 2.13. The molecule has 0 unspecified atom stereocenters. The molecule has 106 valence electrons. The van der Waals surface area contributed by atoms with E-state index in [2.05, 4.69) is 4.74 Å². The second-order valence-corrected chi connectivity index (χ2v) is 4.33. The molecule has 0 saturated heterocycles. The van der Waals surface area contributed by atoms with Crippen LogP contribution in [0.15, 0.2) is 48.5 Å². The molecule has 0 aliphatic rings. The van der Waals surface area contributed by atoms with Gasteiger partial charge in [0.2, 0.25) is 0 Å². The molecule has 0 aromatic heterocycles. The number of benzene rings is 2. The third kappa shape index (κ3) is 4.10. The fourth-order valence-electron chi connectivity index (χ4n) is 1.68. The maximum Gasteiger partial charge on any atom is 0.387 e. The van der Waals surface area contributed by atoms with E-state index in [1.54, 1.807) is 12.1 Å². The molecule has 2 nitrogen and oxygen atoms in total. The standard InChI is InChI=1S/C15H13ClF2O2/c16-9-12-6-7-13(14(8-12)20-15(17)18)19-10-11-4-2-1-3-5-11/h1-8,15H,9-10H2. The van der Waals surface area contributed by atoms with Crippen LogP contribution < -0.4 is 9.47 Å². The largest absolute Gasteiger partial charge is 0.485 e. The van der Waals surface area contributed by atoms with Crippen LogP contribution in [0.4, 0.5) is 8.78 Å². The number of rotatable bonds is 6. The monoisotopic (exact) mass is 298 g/mol. The molecule has 0 aliphatic carbocycles. The molecule has 0 N–H and O–H groups in total. The highest BCUT2D eigenvalue weighted by Crippen LogP contribution is 2.31. The third-order valence-electron chi connectivity index (χ3n) is 2.62.